The Morgan fingerprint density at radius 3 is 2.56 bits per heavy atom. The van der Waals surface area contributed by atoms with Crippen molar-refractivity contribution in [1.82, 2.24) is 9.55 Å². The molecule has 1 aromatic heterocycles. The molecule has 0 saturated heterocycles. The van der Waals surface area contributed by atoms with Gasteiger partial charge in [0.15, 0.2) is 0 Å². The van der Waals surface area contributed by atoms with E-state index in [2.05, 4.69) is 4.98 Å². The van der Waals surface area contributed by atoms with Crippen LogP contribution in [-0.2, 0) is 6.42 Å². The van der Waals surface area contributed by atoms with Gasteiger partial charge in [-0.1, -0.05) is 36.4 Å². The topological polar surface area (TPSA) is 90.4 Å². The van der Waals surface area contributed by atoms with Crippen LogP contribution in [-0.4, -0.2) is 26.7 Å². The highest BCUT2D eigenvalue weighted by Gasteiger charge is 2.19. The summed E-state index contributed by atoms with van der Waals surface area (Å²) in [5.74, 6) is 0.980. The number of para-hydroxylation sites is 2. The van der Waals surface area contributed by atoms with Crippen LogP contribution in [0.4, 0.5) is 0 Å². The molecule has 0 spiro atoms. The first kappa shape index (κ1) is 18.7. The van der Waals surface area contributed by atoms with Crippen molar-refractivity contribution in [3.05, 3.63) is 78.4 Å². The van der Waals surface area contributed by atoms with E-state index in [1.54, 1.807) is 17.7 Å². The number of hydrogen-bond donors (Lipinski definition) is 2. The number of imidazole rings is 1. The molecule has 0 fully saturated rings. The Bertz CT molecular complexity index is 890. The van der Waals surface area contributed by atoms with Gasteiger partial charge in [0, 0.05) is 6.20 Å². The van der Waals surface area contributed by atoms with Crippen LogP contribution in [0.1, 0.15) is 35.4 Å². The molecule has 2 atom stereocenters. The van der Waals surface area contributed by atoms with Crippen molar-refractivity contribution in [2.75, 3.05) is 0 Å². The van der Waals surface area contributed by atoms with Gasteiger partial charge >= 0.3 is 0 Å². The number of ether oxygens (including phenoxy) is 1. The summed E-state index contributed by atoms with van der Waals surface area (Å²) >= 11 is 0. The summed E-state index contributed by atoms with van der Waals surface area (Å²) in [6.45, 7) is 1.72. The molecule has 0 aliphatic heterocycles. The molecule has 2 unspecified atom stereocenters. The summed E-state index contributed by atoms with van der Waals surface area (Å²) in [6, 6.07) is 17.2. The molecule has 0 bridgehead atoms. The van der Waals surface area contributed by atoms with Crippen LogP contribution in [0.25, 0.3) is 0 Å². The number of aliphatic hydroxyl groups is 1. The first-order valence-electron chi connectivity index (χ1n) is 8.86. The lowest BCUT2D eigenvalue weighted by Crippen LogP contribution is -2.21. The fourth-order valence-corrected chi connectivity index (χ4v) is 3.01. The van der Waals surface area contributed by atoms with E-state index in [-0.39, 0.29) is 11.7 Å². The molecule has 0 radical (unpaired) electrons. The van der Waals surface area contributed by atoms with Gasteiger partial charge in [-0.3, -0.25) is 4.79 Å². The molecule has 6 heteroatoms. The number of hydrogen-bond acceptors (Lipinski definition) is 4. The van der Waals surface area contributed by atoms with E-state index in [1.165, 1.54) is 6.33 Å². The Morgan fingerprint density at radius 1 is 1.19 bits per heavy atom. The highest BCUT2D eigenvalue weighted by molar-refractivity contribution is 5.90. The molecule has 0 saturated carbocycles. The Morgan fingerprint density at radius 2 is 1.89 bits per heavy atom. The zero-order valence-corrected chi connectivity index (χ0v) is 15.2. The van der Waals surface area contributed by atoms with Crippen LogP contribution < -0.4 is 10.5 Å². The molecular formula is C21H23N3O3. The van der Waals surface area contributed by atoms with E-state index in [9.17, 15) is 9.90 Å². The second-order valence-electron chi connectivity index (χ2n) is 6.44. The first-order valence-corrected chi connectivity index (χ1v) is 8.86. The van der Waals surface area contributed by atoms with Crippen LogP contribution in [0.2, 0.25) is 0 Å². The van der Waals surface area contributed by atoms with Crippen molar-refractivity contribution in [2.24, 2.45) is 5.73 Å². The first-order chi connectivity index (χ1) is 13.0. The van der Waals surface area contributed by atoms with Crippen LogP contribution in [0.15, 0.2) is 67.1 Å². The monoisotopic (exact) mass is 365 g/mol. The predicted molar refractivity (Wildman–Crippen MR) is 103 cm³/mol. The number of aromatic nitrogens is 2. The third-order valence-corrected chi connectivity index (χ3v) is 4.45. The van der Waals surface area contributed by atoms with E-state index >= 15 is 0 Å². The van der Waals surface area contributed by atoms with Crippen molar-refractivity contribution < 1.29 is 14.6 Å². The minimum atomic E-state index is -0.609. The number of benzene rings is 2. The summed E-state index contributed by atoms with van der Waals surface area (Å²) in [5.41, 5.74) is 6.50. The van der Waals surface area contributed by atoms with Gasteiger partial charge in [-0.15, -0.1) is 0 Å². The lowest BCUT2D eigenvalue weighted by Gasteiger charge is -2.22. The van der Waals surface area contributed by atoms with E-state index < -0.39 is 12.0 Å². The quantitative estimate of drug-likeness (QED) is 0.641. The smallest absolute Gasteiger partial charge is 0.268 e. The molecule has 3 rings (SSSR count). The normalized spacial score (nSPS) is 13.1. The molecule has 140 valence electrons. The summed E-state index contributed by atoms with van der Waals surface area (Å²) in [6.07, 6.45) is 3.85. The SMILES string of the molecule is CC(O)C(CCc1ccccc1Oc1ccccc1)n1cnc(C(N)=O)c1. The highest BCUT2D eigenvalue weighted by Crippen LogP contribution is 2.28. The zero-order chi connectivity index (χ0) is 19.2. The number of nitrogens with zero attached hydrogens (tertiary/aromatic N) is 2. The van der Waals surface area contributed by atoms with Gasteiger partial charge in [0.25, 0.3) is 5.91 Å². The number of amides is 1. The third-order valence-electron chi connectivity index (χ3n) is 4.45. The molecule has 0 aliphatic carbocycles. The standard InChI is InChI=1S/C21H23N3O3/c1-15(25)19(24-13-18(21(22)26)23-14-24)12-11-16-7-5-6-10-20(16)27-17-8-3-2-4-9-17/h2-10,13-15,19,25H,11-12H2,1H3,(H2,22,26). The Hall–Kier alpha value is -3.12. The largest absolute Gasteiger partial charge is 0.457 e. The van der Waals surface area contributed by atoms with Crippen LogP contribution in [0.3, 0.4) is 0 Å². The Balaban J connectivity index is 1.75. The van der Waals surface area contributed by atoms with Gasteiger partial charge < -0.3 is 20.1 Å². The number of aliphatic hydroxyl groups excluding tert-OH is 1. The second kappa shape index (κ2) is 8.51. The minimum absolute atomic E-state index is 0.188. The summed E-state index contributed by atoms with van der Waals surface area (Å²) in [7, 11) is 0. The molecule has 2 aromatic carbocycles. The average Bonchev–Trinajstić information content (AvgIpc) is 3.14. The molecule has 3 N–H and O–H groups in total. The molecule has 1 heterocycles. The number of rotatable bonds is 8. The Kier molecular flexibility index (Phi) is 5.88. The van der Waals surface area contributed by atoms with E-state index in [0.717, 1.165) is 17.1 Å². The van der Waals surface area contributed by atoms with Gasteiger partial charge in [-0.25, -0.2) is 4.98 Å². The van der Waals surface area contributed by atoms with Crippen molar-refractivity contribution in [1.29, 1.82) is 0 Å². The molecule has 3 aromatic rings. The maximum Gasteiger partial charge on any atom is 0.268 e. The van der Waals surface area contributed by atoms with Crippen molar-refractivity contribution in [2.45, 2.75) is 31.9 Å². The van der Waals surface area contributed by atoms with Crippen molar-refractivity contribution in [3.63, 3.8) is 0 Å². The fraction of sp³-hybridized carbons (Fsp3) is 0.238. The maximum absolute atomic E-state index is 11.3. The summed E-state index contributed by atoms with van der Waals surface area (Å²) in [4.78, 5) is 15.3. The highest BCUT2D eigenvalue weighted by atomic mass is 16.5. The lowest BCUT2D eigenvalue weighted by molar-refractivity contribution is 0.0994. The maximum atomic E-state index is 11.3. The van der Waals surface area contributed by atoms with Crippen LogP contribution in [0.5, 0.6) is 11.5 Å². The Labute approximate surface area is 158 Å². The number of aryl methyl sites for hydroxylation is 1. The van der Waals surface area contributed by atoms with Crippen molar-refractivity contribution >= 4 is 5.91 Å². The van der Waals surface area contributed by atoms with Crippen LogP contribution in [0, 0.1) is 0 Å². The van der Waals surface area contributed by atoms with E-state index in [1.807, 2.05) is 54.6 Å². The zero-order valence-electron chi connectivity index (χ0n) is 15.2. The second-order valence-corrected chi connectivity index (χ2v) is 6.44. The molecule has 1 amide bonds. The number of nitrogens with two attached hydrogens (primary N) is 1. The number of carbonyl (C=O) groups is 1. The number of carbonyl (C=O) groups excluding carboxylic acids is 1. The lowest BCUT2D eigenvalue weighted by atomic mass is 10.0. The van der Waals surface area contributed by atoms with Gasteiger partial charge in [0.05, 0.1) is 18.5 Å². The fourth-order valence-electron chi connectivity index (χ4n) is 3.01. The number of primary amides is 1. The van der Waals surface area contributed by atoms with Crippen LogP contribution >= 0.6 is 0 Å². The molecule has 6 nitrogen and oxygen atoms in total. The molecular weight excluding hydrogens is 342 g/mol. The predicted octanol–water partition coefficient (Wildman–Crippen LogP) is 3.33. The van der Waals surface area contributed by atoms with Gasteiger partial charge in [-0.05, 0) is 43.5 Å². The van der Waals surface area contributed by atoms with Gasteiger partial charge in [0.1, 0.15) is 17.2 Å². The summed E-state index contributed by atoms with van der Waals surface area (Å²) < 4.78 is 7.74. The third kappa shape index (κ3) is 4.74. The molecule has 27 heavy (non-hydrogen) atoms. The average molecular weight is 365 g/mol. The summed E-state index contributed by atoms with van der Waals surface area (Å²) in [5, 5.41) is 10.2. The van der Waals surface area contributed by atoms with Crippen molar-refractivity contribution in [3.8, 4) is 11.5 Å². The van der Waals surface area contributed by atoms with Gasteiger partial charge in [-0.2, -0.15) is 0 Å². The molecule has 0 aliphatic rings. The van der Waals surface area contributed by atoms with E-state index in [0.29, 0.717) is 12.8 Å². The van der Waals surface area contributed by atoms with E-state index in [4.69, 9.17) is 10.5 Å². The minimum Gasteiger partial charge on any atom is -0.457 e. The van der Waals surface area contributed by atoms with Gasteiger partial charge in [0.2, 0.25) is 0 Å².